The lowest BCUT2D eigenvalue weighted by atomic mass is 9.77. The summed E-state index contributed by atoms with van der Waals surface area (Å²) in [6.45, 7) is 13.1. The molecule has 49 nitrogen and oxygen atoms in total. The summed E-state index contributed by atoms with van der Waals surface area (Å²) >= 11 is 0.676. The normalized spacial score (nSPS) is 16.2. The van der Waals surface area contributed by atoms with E-state index in [0.717, 1.165) is 23.0 Å². The molecule has 1 saturated heterocycles. The second kappa shape index (κ2) is 49.7. The maximum absolute atomic E-state index is 13.5. The SMILES string of the molecule is CC(CCCN=C(N)N)NC(=O)C(CC(=O)O)NC(=O)CCC(NC(=O)c1ccc(NCc2cnc3nc(N)[nH]c(=O)c3n2)cc1)C(=O)O.CC[N+](CCCS(=O)(=O)[O-])=c1ccc2c(C(C)(C)C)cc(/C=C/C=C3\N(CCCS(=O)(=O)O)c4ccc(S(=O)(=O)O)cc4C3(C)CCCC(=O)NCCN3C(=O)CC(SCC(NC(=O)C(CC(=O)O)NC(=O)C(CC(=O)O)NC(C)=O)C(=O)O)C3=O)oc-2c1. The Balaban J connectivity index is 0.000000445. The molecular weight excluding hydrogens is 1900 g/mol. The number of nitrogen functional groups attached to an aromatic ring is 1. The standard InChI is InChI=1S/C56H73N7O22S4.C29H38N12O8/c1-7-61(21-10-24-87(76,77)78)34-15-17-37-38(55(3,4)5)27-35(85-44(37)26-34)12-8-13-46-56(6,39-28-36(89(82,83)84)16-18-43(39)62(46)22-11-25-88(79,80)81)19-9-14-47(65)57-20-23-63-48(66)31-45(53(63)73)86-32-42(54(74)75)60-52(72)41(30-50(69)70)59-51(71)40(29-49(67)68)58-33(2)64;1-14(3-2-10-33-28(30)31)36-25(46)19(11-21(43)44)38-20(42)9-8-18(27(48)49)39-24(45)15-4-6-16(7-5-15)34-12-17-13-35-23-22(37-17)26(47)41-29(32)40-23/h8,12-13,15-18,26-28,40-42,45H,7,9-11,14,19-25,29-32H2,1-6H3,(H9-,57,58,59,60,64,65,67,68,69,70,71,72,74,75,76,77,78,79,80,81,82,83,84);4-7,13-14,18-19,34H,2-3,8-12H2,1H3,(H,36,46)(H,38,42)(H,39,45)(H,43,44)(H,48,49)(H4,30,31,33)(H3,32,35,40,41,47). The van der Waals surface area contributed by atoms with Crippen LogP contribution in [0.1, 0.15) is 165 Å². The van der Waals surface area contributed by atoms with Gasteiger partial charge in [0.2, 0.25) is 58.6 Å². The Morgan fingerprint density at radius 2 is 1.36 bits per heavy atom. The van der Waals surface area contributed by atoms with Crippen molar-refractivity contribution in [3.05, 3.63) is 135 Å². The van der Waals surface area contributed by atoms with E-state index >= 15 is 0 Å². The summed E-state index contributed by atoms with van der Waals surface area (Å²) in [6.07, 6.45) is 3.70. The van der Waals surface area contributed by atoms with E-state index in [1.807, 2.05) is 61.9 Å². The Morgan fingerprint density at radius 3 is 1.96 bits per heavy atom. The van der Waals surface area contributed by atoms with Gasteiger partial charge in [-0.2, -0.15) is 21.8 Å². The van der Waals surface area contributed by atoms with Crippen molar-refractivity contribution in [2.45, 2.75) is 196 Å². The van der Waals surface area contributed by atoms with Gasteiger partial charge in [0, 0.05) is 116 Å². The van der Waals surface area contributed by atoms with E-state index in [9.17, 15) is 131 Å². The Hall–Kier alpha value is -13.9. The van der Waals surface area contributed by atoms with Crippen molar-refractivity contribution in [1.29, 1.82) is 0 Å². The first-order valence-electron chi connectivity index (χ1n) is 42.9. The fourth-order valence-electron chi connectivity index (χ4n) is 14.7. The second-order valence-corrected chi connectivity index (χ2v) is 39.0. The lowest BCUT2D eigenvalue weighted by Crippen LogP contribution is -2.56. The number of thioether (sulfide) groups is 1. The number of aromatic nitrogens is 4. The van der Waals surface area contributed by atoms with E-state index in [1.165, 1.54) is 36.5 Å². The number of amides is 9. The fourth-order valence-corrected chi connectivity index (χ4v) is 17.4. The number of aliphatic imine (C=N–C) groups is 1. The Morgan fingerprint density at radius 1 is 0.732 bits per heavy atom. The number of carboxylic acid groups (broad SMARTS) is 5. The minimum atomic E-state index is -4.77. The Bertz CT molecular complexity index is 6120. The number of nitrogens with zero attached hydrogens (tertiary/aromatic N) is 7. The van der Waals surface area contributed by atoms with Crippen LogP contribution in [0.4, 0.5) is 17.3 Å². The molecule has 4 aliphatic rings. The molecular formula is C85H111N19O30S4. The number of hydrogen-bond acceptors (Lipinski definition) is 31. The quantitative estimate of drug-likeness (QED) is 0.00580. The van der Waals surface area contributed by atoms with Crippen LogP contribution in [-0.2, 0) is 110 Å². The highest BCUT2D eigenvalue weighted by molar-refractivity contribution is 8.00. The van der Waals surface area contributed by atoms with Crippen molar-refractivity contribution in [3.8, 4) is 11.3 Å². The Labute approximate surface area is 794 Å². The van der Waals surface area contributed by atoms with Gasteiger partial charge in [0.05, 0.1) is 69.8 Å². The molecule has 0 radical (unpaired) electrons. The molecule has 2 aromatic heterocycles. The van der Waals surface area contributed by atoms with Crippen molar-refractivity contribution in [1.82, 2.24) is 66.6 Å². The molecule has 3 aliphatic heterocycles. The first kappa shape index (κ1) is 111. The molecule has 22 N–H and O–H groups in total. The second-order valence-electron chi connectivity index (χ2n) is 33.3. The van der Waals surface area contributed by atoms with Gasteiger partial charge in [-0.25, -0.2) is 32.6 Å². The number of benzene rings is 3. The van der Waals surface area contributed by atoms with Crippen LogP contribution in [-0.4, -0.2) is 276 Å². The first-order chi connectivity index (χ1) is 64.5. The zero-order chi connectivity index (χ0) is 103. The monoisotopic (exact) mass is 2010 g/mol. The number of nitrogens with one attached hydrogen (secondary N) is 9. The van der Waals surface area contributed by atoms with Crippen molar-refractivity contribution in [3.63, 3.8) is 0 Å². The summed E-state index contributed by atoms with van der Waals surface area (Å²) in [5, 5.41) is 66.1. The van der Waals surface area contributed by atoms with Gasteiger partial charge >= 0.3 is 29.8 Å². The van der Waals surface area contributed by atoms with Crippen LogP contribution in [0, 0.1) is 0 Å². The summed E-state index contributed by atoms with van der Waals surface area (Å²) in [7, 11) is -13.6. The number of anilines is 3. The summed E-state index contributed by atoms with van der Waals surface area (Å²) in [6, 6.07) is 8.65. The zero-order valence-electron chi connectivity index (χ0n) is 76.0. The minimum Gasteiger partial charge on any atom is -0.748 e. The van der Waals surface area contributed by atoms with Gasteiger partial charge in [0.1, 0.15) is 54.8 Å². The van der Waals surface area contributed by atoms with Crippen LogP contribution in [0.3, 0.4) is 0 Å². The van der Waals surface area contributed by atoms with Gasteiger partial charge < -0.3 is 99.1 Å². The van der Waals surface area contributed by atoms with Gasteiger partial charge in [-0.05, 0) is 143 Å². The maximum Gasteiger partial charge on any atom is 0.327 e. The van der Waals surface area contributed by atoms with Crippen LogP contribution in [0.2, 0.25) is 0 Å². The number of carbonyl (C=O) groups is 14. The van der Waals surface area contributed by atoms with Gasteiger partial charge in [-0.1, -0.05) is 26.8 Å². The molecule has 0 spiro atoms. The van der Waals surface area contributed by atoms with E-state index in [2.05, 4.69) is 62.1 Å². The van der Waals surface area contributed by atoms with Crippen molar-refractivity contribution < 1.29 is 136 Å². The number of hydrogen-bond donors (Lipinski definition) is 19. The molecule has 8 atom stereocenters. The molecule has 138 heavy (non-hydrogen) atoms. The van der Waals surface area contributed by atoms with E-state index < -0.39 is 219 Å². The lowest BCUT2D eigenvalue weighted by Gasteiger charge is -2.30. The highest BCUT2D eigenvalue weighted by atomic mass is 32.2. The summed E-state index contributed by atoms with van der Waals surface area (Å²) in [5.41, 5.74) is 18.2. The molecule has 5 heterocycles. The molecule has 53 heteroatoms. The molecule has 8 unspecified atom stereocenters. The number of carbonyl (C=O) groups excluding carboxylic acids is 9. The highest BCUT2D eigenvalue weighted by Gasteiger charge is 2.45. The van der Waals surface area contributed by atoms with Crippen LogP contribution in [0.25, 0.3) is 28.6 Å². The van der Waals surface area contributed by atoms with Crippen LogP contribution < -0.4 is 80.1 Å². The van der Waals surface area contributed by atoms with Crippen LogP contribution >= 0.6 is 11.8 Å². The average Bonchev–Trinajstić information content (AvgIpc) is 1.56. The molecule has 1 fully saturated rings. The summed E-state index contributed by atoms with van der Waals surface area (Å²) in [4.78, 5) is 207. The van der Waals surface area contributed by atoms with E-state index in [1.54, 1.807) is 49.1 Å². The van der Waals surface area contributed by atoms with Crippen LogP contribution in [0.15, 0.2) is 110 Å². The number of guanidine groups is 1. The predicted molar refractivity (Wildman–Crippen MR) is 497 cm³/mol. The molecule has 4 aromatic rings. The molecule has 0 bridgehead atoms. The number of allylic oxidation sites excluding steroid dienone is 3. The molecule has 0 saturated carbocycles. The van der Waals surface area contributed by atoms with Gasteiger partial charge in [-0.15, -0.1) is 11.8 Å². The van der Waals surface area contributed by atoms with Gasteiger partial charge in [0.25, 0.3) is 31.7 Å². The van der Waals surface area contributed by atoms with Crippen molar-refractivity contribution in [2.75, 3.05) is 72.5 Å². The molecule has 750 valence electrons. The number of fused-ring (bicyclic) bond motifs is 3. The number of rotatable bonds is 50. The number of nitrogens with two attached hydrogens (primary N) is 3. The lowest BCUT2D eigenvalue weighted by molar-refractivity contribution is -0.144. The number of imide groups is 1. The predicted octanol–water partition coefficient (Wildman–Crippen LogP) is -0.347. The van der Waals surface area contributed by atoms with Crippen molar-refractivity contribution in [2.24, 2.45) is 16.5 Å². The third-order valence-corrected chi connectivity index (χ3v) is 25.2. The molecule has 1 aliphatic carbocycles. The fraction of sp³-hybridized carbons (Fsp3) is 0.459. The number of aliphatic carboxylic acids is 5. The third kappa shape index (κ3) is 34.4. The minimum absolute atomic E-state index is 0.0121. The number of H-pyrrole nitrogens is 1. The first-order valence-corrected chi connectivity index (χ1v) is 48.6. The highest BCUT2D eigenvalue weighted by Crippen LogP contribution is 2.52. The van der Waals surface area contributed by atoms with Gasteiger partial charge in [-0.3, -0.25) is 86.3 Å². The van der Waals surface area contributed by atoms with Crippen molar-refractivity contribution >= 4 is 166 Å². The van der Waals surface area contributed by atoms with Crippen LogP contribution in [0.5, 0.6) is 0 Å². The summed E-state index contributed by atoms with van der Waals surface area (Å²) in [5.74, 6) is -16.1. The van der Waals surface area contributed by atoms with E-state index in [-0.39, 0.29) is 106 Å². The number of aromatic amines is 1. The zero-order valence-corrected chi connectivity index (χ0v) is 79.2. The number of likely N-dealkylation sites (tertiary alicyclic amines) is 1. The van der Waals surface area contributed by atoms with E-state index in [4.69, 9.17) is 26.7 Å². The maximum atomic E-state index is 13.5. The average molecular weight is 2010 g/mol. The number of carboxylic acids is 5. The molecule has 8 rings (SSSR count). The summed E-state index contributed by atoms with van der Waals surface area (Å²) < 4.78 is 111. The molecule has 9 amide bonds. The van der Waals surface area contributed by atoms with Gasteiger partial charge in [0.15, 0.2) is 17.1 Å². The largest absolute Gasteiger partial charge is 0.748 e. The topological polar surface area (TPSA) is 787 Å². The smallest absolute Gasteiger partial charge is 0.327 e. The molecule has 2 aromatic carbocycles. The Kier molecular flexibility index (Phi) is 40.0. The third-order valence-electron chi connectivity index (χ3n) is 21.4. The van der Waals surface area contributed by atoms with E-state index in [0.29, 0.717) is 82.9 Å².